The molecule has 0 saturated carbocycles. The van der Waals surface area contributed by atoms with E-state index in [-0.39, 0.29) is 0 Å². The van der Waals surface area contributed by atoms with Crippen molar-refractivity contribution in [2.45, 2.75) is 20.1 Å². The lowest BCUT2D eigenvalue weighted by molar-refractivity contribution is -0.917. The summed E-state index contributed by atoms with van der Waals surface area (Å²) >= 11 is 8.68. The van der Waals surface area contributed by atoms with Gasteiger partial charge in [-0.1, -0.05) is 29.0 Å². The van der Waals surface area contributed by atoms with Gasteiger partial charge >= 0.3 is 0 Å². The summed E-state index contributed by atoms with van der Waals surface area (Å²) in [6, 6.07) is 10.4. The number of nitrogens with one attached hydrogen (secondary N) is 2. The summed E-state index contributed by atoms with van der Waals surface area (Å²) in [5, 5.41) is 13.1. The van der Waals surface area contributed by atoms with Crippen molar-refractivity contribution in [2.75, 3.05) is 12.4 Å². The molecule has 1 unspecified atom stereocenters. The molecule has 0 bridgehead atoms. The van der Waals surface area contributed by atoms with Crippen molar-refractivity contribution in [1.29, 1.82) is 0 Å². The largest absolute Gasteiger partial charge is 0.330 e. The van der Waals surface area contributed by atoms with Crippen molar-refractivity contribution in [1.82, 2.24) is 9.78 Å². The molecule has 0 spiro atoms. The molecule has 1 aromatic carbocycles. The number of aryl methyl sites for hydroxylation is 1. The molecule has 23 heavy (non-hydrogen) atoms. The van der Waals surface area contributed by atoms with Crippen LogP contribution in [0.4, 0.5) is 10.8 Å². The summed E-state index contributed by atoms with van der Waals surface area (Å²) in [7, 11) is 2.16. The Bertz CT molecular complexity index is 803. The zero-order valence-electron chi connectivity index (χ0n) is 13.1. The fourth-order valence-corrected chi connectivity index (χ4v) is 3.97. The van der Waals surface area contributed by atoms with Crippen LogP contribution in [0.1, 0.15) is 11.1 Å². The molecule has 7 heteroatoms. The van der Waals surface area contributed by atoms with Crippen LogP contribution in [0, 0.1) is 10.9 Å². The number of benzene rings is 1. The summed E-state index contributed by atoms with van der Waals surface area (Å²) in [5.41, 5.74) is 3.63. The highest BCUT2D eigenvalue weighted by molar-refractivity contribution is 7.73. The SMILES string of the molecule is Cc1ccc(Nc2nn(C[NH+](C)Cc3ccsc3)c(=S)s2)cc1. The first-order valence-corrected chi connectivity index (χ1v) is 9.51. The number of hydrogen-bond donors (Lipinski definition) is 2. The number of aromatic nitrogens is 2. The summed E-state index contributed by atoms with van der Waals surface area (Å²) in [6.07, 6.45) is 0. The number of rotatable bonds is 6. The molecule has 0 fully saturated rings. The second-order valence-corrected chi connectivity index (χ2v) is 7.99. The maximum absolute atomic E-state index is 5.44. The van der Waals surface area contributed by atoms with E-state index in [4.69, 9.17) is 12.2 Å². The highest BCUT2D eigenvalue weighted by atomic mass is 32.1. The Morgan fingerprint density at radius 2 is 2.04 bits per heavy atom. The zero-order chi connectivity index (χ0) is 16.2. The van der Waals surface area contributed by atoms with Crippen LogP contribution >= 0.6 is 34.9 Å². The summed E-state index contributed by atoms with van der Waals surface area (Å²) in [4.78, 5) is 1.35. The normalized spacial score (nSPS) is 12.3. The molecular formula is C16H19N4S3+. The number of hydrogen-bond acceptors (Lipinski definition) is 5. The Hall–Kier alpha value is -1.54. The van der Waals surface area contributed by atoms with E-state index < -0.39 is 0 Å². The fourth-order valence-electron chi connectivity index (χ4n) is 2.27. The quantitative estimate of drug-likeness (QED) is 0.658. The molecule has 2 heterocycles. The van der Waals surface area contributed by atoms with Gasteiger partial charge in [0.15, 0.2) is 10.6 Å². The number of quaternary nitrogens is 1. The predicted molar refractivity (Wildman–Crippen MR) is 100 cm³/mol. The summed E-state index contributed by atoms with van der Waals surface area (Å²) in [6.45, 7) is 3.82. The van der Waals surface area contributed by atoms with E-state index in [1.807, 2.05) is 4.68 Å². The lowest BCUT2D eigenvalue weighted by Gasteiger charge is -2.12. The molecule has 0 amide bonds. The van der Waals surface area contributed by atoms with Gasteiger partial charge in [-0.3, -0.25) is 0 Å². The molecule has 3 rings (SSSR count). The summed E-state index contributed by atoms with van der Waals surface area (Å²) < 4.78 is 2.70. The Morgan fingerprint density at radius 3 is 2.74 bits per heavy atom. The van der Waals surface area contributed by atoms with Gasteiger partial charge < -0.3 is 10.2 Å². The van der Waals surface area contributed by atoms with Crippen LogP contribution < -0.4 is 10.2 Å². The summed E-state index contributed by atoms with van der Waals surface area (Å²) in [5.74, 6) is 0. The first kappa shape index (κ1) is 16.3. The van der Waals surface area contributed by atoms with Crippen molar-refractivity contribution in [3.8, 4) is 0 Å². The first-order chi connectivity index (χ1) is 11.1. The van der Waals surface area contributed by atoms with Gasteiger partial charge in [0.25, 0.3) is 0 Å². The topological polar surface area (TPSA) is 34.3 Å². The minimum absolute atomic E-state index is 0.765. The second-order valence-electron chi connectivity index (χ2n) is 5.59. The van der Waals surface area contributed by atoms with E-state index in [9.17, 15) is 0 Å². The fraction of sp³-hybridized carbons (Fsp3) is 0.250. The average Bonchev–Trinajstić information content (AvgIpc) is 3.12. The molecule has 0 aliphatic rings. The van der Waals surface area contributed by atoms with Gasteiger partial charge in [-0.2, -0.15) is 16.0 Å². The van der Waals surface area contributed by atoms with Gasteiger partial charge in [0.1, 0.15) is 6.54 Å². The van der Waals surface area contributed by atoms with Crippen LogP contribution in [0.3, 0.4) is 0 Å². The third-order valence-electron chi connectivity index (χ3n) is 3.41. The molecule has 0 aliphatic carbocycles. The van der Waals surface area contributed by atoms with Gasteiger partial charge in [0, 0.05) is 11.3 Å². The van der Waals surface area contributed by atoms with Crippen LogP contribution in [0.25, 0.3) is 0 Å². The smallest absolute Gasteiger partial charge is 0.209 e. The molecule has 1 atom stereocenters. The predicted octanol–water partition coefficient (Wildman–Crippen LogP) is 3.46. The van der Waals surface area contributed by atoms with Crippen LogP contribution in [-0.4, -0.2) is 16.8 Å². The molecule has 120 valence electrons. The van der Waals surface area contributed by atoms with Crippen molar-refractivity contribution >= 4 is 45.7 Å². The lowest BCUT2D eigenvalue weighted by Crippen LogP contribution is -3.06. The molecule has 3 aromatic rings. The molecule has 4 nitrogen and oxygen atoms in total. The Labute approximate surface area is 149 Å². The van der Waals surface area contributed by atoms with E-state index in [0.717, 1.165) is 28.0 Å². The highest BCUT2D eigenvalue weighted by Gasteiger charge is 2.10. The maximum atomic E-state index is 5.44. The van der Waals surface area contributed by atoms with E-state index in [0.29, 0.717) is 0 Å². The Kier molecular flexibility index (Phi) is 5.22. The standard InChI is InChI=1S/C16H18N4S3/c1-12-3-5-14(6-4-12)17-15-18-20(16(21)23-15)11-19(2)9-13-7-8-22-10-13/h3-8,10H,9,11H2,1-2H3,(H,17,18)/p+1. The molecule has 0 saturated heterocycles. The maximum Gasteiger partial charge on any atom is 0.209 e. The minimum atomic E-state index is 0.765. The van der Waals surface area contributed by atoms with Crippen molar-refractivity contribution in [2.24, 2.45) is 0 Å². The Morgan fingerprint density at radius 1 is 1.26 bits per heavy atom. The van der Waals surface area contributed by atoms with E-state index in [1.165, 1.54) is 27.4 Å². The van der Waals surface area contributed by atoms with Gasteiger partial charge in [-0.25, -0.2) is 0 Å². The van der Waals surface area contributed by atoms with Gasteiger partial charge in [-0.15, -0.1) is 5.10 Å². The monoisotopic (exact) mass is 363 g/mol. The van der Waals surface area contributed by atoms with E-state index in [2.05, 4.69) is 65.5 Å². The Balaban J connectivity index is 1.66. The number of nitrogens with zero attached hydrogens (tertiary/aromatic N) is 2. The van der Waals surface area contributed by atoms with Crippen LogP contribution in [-0.2, 0) is 13.2 Å². The third kappa shape index (κ3) is 4.48. The zero-order valence-corrected chi connectivity index (χ0v) is 15.5. The van der Waals surface area contributed by atoms with Gasteiger partial charge in [0.05, 0.1) is 7.05 Å². The van der Waals surface area contributed by atoms with Gasteiger partial charge in [-0.05, 0) is 48.1 Å². The first-order valence-electron chi connectivity index (χ1n) is 7.34. The highest BCUT2D eigenvalue weighted by Crippen LogP contribution is 2.20. The van der Waals surface area contributed by atoms with Crippen LogP contribution in [0.5, 0.6) is 0 Å². The van der Waals surface area contributed by atoms with E-state index in [1.54, 1.807) is 11.3 Å². The van der Waals surface area contributed by atoms with Crippen LogP contribution in [0.15, 0.2) is 41.1 Å². The van der Waals surface area contributed by atoms with Crippen molar-refractivity contribution in [3.05, 3.63) is 56.2 Å². The van der Waals surface area contributed by atoms with Crippen molar-refractivity contribution in [3.63, 3.8) is 0 Å². The van der Waals surface area contributed by atoms with Crippen LogP contribution in [0.2, 0.25) is 0 Å². The van der Waals surface area contributed by atoms with Gasteiger partial charge in [0.2, 0.25) is 5.13 Å². The third-order valence-corrected chi connectivity index (χ3v) is 5.37. The molecule has 2 N–H and O–H groups in total. The molecular weight excluding hydrogens is 344 g/mol. The van der Waals surface area contributed by atoms with E-state index >= 15 is 0 Å². The molecule has 0 radical (unpaired) electrons. The minimum Gasteiger partial charge on any atom is -0.330 e. The average molecular weight is 364 g/mol. The number of anilines is 2. The van der Waals surface area contributed by atoms with Crippen molar-refractivity contribution < 1.29 is 4.90 Å². The lowest BCUT2D eigenvalue weighted by atomic mass is 10.2. The number of thiophene rings is 1. The second kappa shape index (κ2) is 7.35. The molecule has 2 aromatic heterocycles. The molecule has 0 aliphatic heterocycles.